The average molecular weight is 452 g/mol. The van der Waals surface area contributed by atoms with Crippen molar-refractivity contribution in [1.29, 1.82) is 0 Å². The molecule has 2 fully saturated rings. The summed E-state index contributed by atoms with van der Waals surface area (Å²) in [5.74, 6) is 1.69. The van der Waals surface area contributed by atoms with Crippen molar-refractivity contribution in [3.63, 3.8) is 0 Å². The Morgan fingerprint density at radius 1 is 0.970 bits per heavy atom. The van der Waals surface area contributed by atoms with Crippen LogP contribution in [0.25, 0.3) is 10.8 Å². The number of fused-ring (bicyclic) bond motifs is 1. The van der Waals surface area contributed by atoms with Crippen LogP contribution >= 0.6 is 0 Å². The first-order chi connectivity index (χ1) is 15.8. The van der Waals surface area contributed by atoms with Crippen LogP contribution in [0.1, 0.15) is 77.7 Å². The third-order valence-electron chi connectivity index (χ3n) is 7.84. The lowest BCUT2D eigenvalue weighted by Crippen LogP contribution is -2.40. The number of hydrogen-bond acceptors (Lipinski definition) is 4. The number of piperidine rings is 1. The van der Waals surface area contributed by atoms with Gasteiger partial charge in [0.2, 0.25) is 0 Å². The molecule has 4 nitrogen and oxygen atoms in total. The summed E-state index contributed by atoms with van der Waals surface area (Å²) in [6.45, 7) is 9.01. The van der Waals surface area contributed by atoms with E-state index in [9.17, 15) is 4.79 Å². The van der Waals surface area contributed by atoms with Crippen molar-refractivity contribution in [2.75, 3.05) is 13.7 Å². The van der Waals surface area contributed by atoms with Crippen LogP contribution in [0.2, 0.25) is 0 Å². The molecule has 0 radical (unpaired) electrons. The molecule has 0 N–H and O–H groups in total. The van der Waals surface area contributed by atoms with Crippen LogP contribution in [0.4, 0.5) is 0 Å². The molecule has 4 rings (SSSR count). The summed E-state index contributed by atoms with van der Waals surface area (Å²) in [5, 5.41) is 2.47. The summed E-state index contributed by atoms with van der Waals surface area (Å²) in [7, 11) is 1.48. The molecule has 2 aliphatic rings. The molecule has 33 heavy (non-hydrogen) atoms. The van der Waals surface area contributed by atoms with E-state index in [1.54, 1.807) is 0 Å². The molecule has 1 heterocycles. The third-order valence-corrected chi connectivity index (χ3v) is 7.84. The summed E-state index contributed by atoms with van der Waals surface area (Å²) >= 11 is 0. The lowest BCUT2D eigenvalue weighted by Gasteiger charge is -2.37. The van der Waals surface area contributed by atoms with Crippen LogP contribution in [0.3, 0.4) is 0 Å². The zero-order valence-corrected chi connectivity index (χ0v) is 20.9. The molecule has 4 heteroatoms. The van der Waals surface area contributed by atoms with Crippen molar-refractivity contribution in [2.45, 2.75) is 90.8 Å². The predicted molar refractivity (Wildman–Crippen MR) is 134 cm³/mol. The summed E-state index contributed by atoms with van der Waals surface area (Å²) in [6, 6.07) is 13.5. The Balaban J connectivity index is 1.38. The van der Waals surface area contributed by atoms with Gasteiger partial charge in [0.1, 0.15) is 5.75 Å². The number of likely N-dealkylation sites (tertiary alicyclic amines) is 1. The van der Waals surface area contributed by atoms with Crippen LogP contribution in [0, 0.1) is 11.3 Å². The molecule has 2 aromatic rings. The van der Waals surface area contributed by atoms with Gasteiger partial charge in [-0.1, -0.05) is 45.4 Å². The second-order valence-corrected chi connectivity index (χ2v) is 11.2. The minimum Gasteiger partial charge on any atom is -0.490 e. The number of benzene rings is 2. The number of rotatable bonds is 6. The highest BCUT2D eigenvalue weighted by Crippen LogP contribution is 2.39. The van der Waals surface area contributed by atoms with Crippen molar-refractivity contribution in [2.24, 2.45) is 11.3 Å². The second kappa shape index (κ2) is 10.5. The van der Waals surface area contributed by atoms with Gasteiger partial charge in [-0.2, -0.15) is 0 Å². The molecule has 0 bridgehead atoms. The smallest absolute Gasteiger partial charge is 0.307 e. The first-order valence-electron chi connectivity index (χ1n) is 12.8. The van der Waals surface area contributed by atoms with Gasteiger partial charge in [0.15, 0.2) is 0 Å². The van der Waals surface area contributed by atoms with Gasteiger partial charge in [-0.3, -0.25) is 9.69 Å². The fraction of sp³-hybridized carbons (Fsp3) is 0.621. The highest BCUT2D eigenvalue weighted by atomic mass is 16.5. The SMILES string of the molecule is COC(=O)CC1CCCCN1Cc1ccc2cc(OC3CCC(C(C)(C)C)CC3)ccc2c1. The van der Waals surface area contributed by atoms with Crippen LogP contribution < -0.4 is 4.74 Å². The number of hydrogen-bond donors (Lipinski definition) is 0. The van der Waals surface area contributed by atoms with Crippen molar-refractivity contribution >= 4 is 16.7 Å². The Hall–Kier alpha value is -2.07. The monoisotopic (exact) mass is 451 g/mol. The Kier molecular flexibility index (Phi) is 7.63. The topological polar surface area (TPSA) is 38.8 Å². The number of methoxy groups -OCH3 is 1. The molecular weight excluding hydrogens is 410 g/mol. The van der Waals surface area contributed by atoms with Crippen molar-refractivity contribution in [1.82, 2.24) is 4.90 Å². The molecule has 1 saturated heterocycles. The summed E-state index contributed by atoms with van der Waals surface area (Å²) < 4.78 is 11.3. The number of carbonyl (C=O) groups is 1. The number of nitrogens with zero attached hydrogens (tertiary/aromatic N) is 1. The van der Waals surface area contributed by atoms with Gasteiger partial charge < -0.3 is 9.47 Å². The lowest BCUT2D eigenvalue weighted by atomic mass is 9.72. The van der Waals surface area contributed by atoms with Gasteiger partial charge >= 0.3 is 5.97 Å². The first kappa shape index (κ1) is 24.1. The minimum atomic E-state index is -0.107. The Bertz CT molecular complexity index is 940. The van der Waals surface area contributed by atoms with Gasteiger partial charge in [0.05, 0.1) is 19.6 Å². The van der Waals surface area contributed by atoms with Crippen molar-refractivity contribution in [3.05, 3.63) is 42.0 Å². The fourth-order valence-electron chi connectivity index (χ4n) is 5.69. The molecule has 1 aliphatic heterocycles. The van der Waals surface area contributed by atoms with Gasteiger partial charge in [-0.25, -0.2) is 0 Å². The quantitative estimate of drug-likeness (QED) is 0.456. The van der Waals surface area contributed by atoms with E-state index < -0.39 is 0 Å². The fourth-order valence-corrected chi connectivity index (χ4v) is 5.69. The van der Waals surface area contributed by atoms with E-state index in [1.807, 2.05) is 0 Å². The zero-order chi connectivity index (χ0) is 23.4. The molecule has 2 aromatic carbocycles. The Labute approximate surface area is 199 Å². The summed E-state index contributed by atoms with van der Waals surface area (Å²) in [5.41, 5.74) is 1.70. The van der Waals surface area contributed by atoms with Crippen LogP contribution in [-0.4, -0.2) is 36.7 Å². The maximum absolute atomic E-state index is 11.8. The lowest BCUT2D eigenvalue weighted by molar-refractivity contribution is -0.142. The van der Waals surface area contributed by atoms with E-state index in [-0.39, 0.29) is 12.0 Å². The summed E-state index contributed by atoms with van der Waals surface area (Å²) in [4.78, 5) is 14.3. The average Bonchev–Trinajstić information content (AvgIpc) is 2.80. The van der Waals surface area contributed by atoms with E-state index in [0.29, 0.717) is 17.9 Å². The predicted octanol–water partition coefficient (Wildman–Crippen LogP) is 6.74. The van der Waals surface area contributed by atoms with Crippen LogP contribution in [-0.2, 0) is 16.1 Å². The highest BCUT2D eigenvalue weighted by Gasteiger charge is 2.30. The van der Waals surface area contributed by atoms with Crippen molar-refractivity contribution < 1.29 is 14.3 Å². The molecule has 0 spiro atoms. The van der Waals surface area contributed by atoms with E-state index >= 15 is 0 Å². The first-order valence-corrected chi connectivity index (χ1v) is 12.8. The normalized spacial score (nSPS) is 24.5. The van der Waals surface area contributed by atoms with Gasteiger partial charge in [-0.05, 0) is 90.9 Å². The molecule has 180 valence electrons. The Morgan fingerprint density at radius 3 is 2.42 bits per heavy atom. The maximum Gasteiger partial charge on any atom is 0.307 e. The van der Waals surface area contributed by atoms with E-state index in [4.69, 9.17) is 9.47 Å². The molecular formula is C29H41NO3. The second-order valence-electron chi connectivity index (χ2n) is 11.2. The highest BCUT2D eigenvalue weighted by molar-refractivity contribution is 5.84. The van der Waals surface area contributed by atoms with E-state index in [0.717, 1.165) is 44.0 Å². The molecule has 1 saturated carbocycles. The van der Waals surface area contributed by atoms with Crippen molar-refractivity contribution in [3.8, 4) is 5.75 Å². The third kappa shape index (κ3) is 6.29. The molecule has 1 atom stereocenters. The summed E-state index contributed by atoms with van der Waals surface area (Å²) in [6.07, 6.45) is 9.12. The molecule has 0 amide bonds. The van der Waals surface area contributed by atoms with Gasteiger partial charge in [0.25, 0.3) is 0 Å². The van der Waals surface area contributed by atoms with Crippen LogP contribution in [0.15, 0.2) is 36.4 Å². The number of esters is 1. The molecule has 0 aromatic heterocycles. The molecule has 1 aliphatic carbocycles. The minimum absolute atomic E-state index is 0.107. The number of ether oxygens (including phenoxy) is 2. The van der Waals surface area contributed by atoms with Gasteiger partial charge in [-0.15, -0.1) is 0 Å². The Morgan fingerprint density at radius 2 is 1.70 bits per heavy atom. The molecule has 1 unspecified atom stereocenters. The standard InChI is InChI=1S/C29H41NO3/c1-29(2,3)24-11-14-26(15-12-24)33-27-13-10-22-17-21(8-9-23(22)18-27)20-30-16-6-5-7-25(30)19-28(31)32-4/h8-10,13,17-18,24-26H,5-7,11-12,14-16,19-20H2,1-4H3. The van der Waals surface area contributed by atoms with E-state index in [2.05, 4.69) is 62.1 Å². The van der Waals surface area contributed by atoms with Gasteiger partial charge in [0, 0.05) is 12.6 Å². The zero-order valence-electron chi connectivity index (χ0n) is 20.9. The van der Waals surface area contributed by atoms with E-state index in [1.165, 1.54) is 49.1 Å². The van der Waals surface area contributed by atoms with Crippen LogP contribution in [0.5, 0.6) is 5.75 Å². The maximum atomic E-state index is 11.8. The largest absolute Gasteiger partial charge is 0.490 e. The number of carbonyl (C=O) groups excluding carboxylic acids is 1.